The second-order valence-corrected chi connectivity index (χ2v) is 7.63. The van der Waals surface area contributed by atoms with Crippen molar-refractivity contribution in [1.29, 1.82) is 0 Å². The third-order valence-corrected chi connectivity index (χ3v) is 5.64. The number of thiophene rings is 1. The Labute approximate surface area is 154 Å². The fourth-order valence-corrected chi connectivity index (χ4v) is 4.00. The summed E-state index contributed by atoms with van der Waals surface area (Å²) in [7, 11) is 1.84. The Morgan fingerprint density at radius 3 is 2.68 bits per heavy atom. The molecule has 0 amide bonds. The fourth-order valence-electron chi connectivity index (χ4n) is 3.26. The Hall–Kier alpha value is -1.79. The van der Waals surface area contributed by atoms with Crippen molar-refractivity contribution < 1.29 is 0 Å². The normalized spacial score (nSPS) is 16.9. The first-order chi connectivity index (χ1) is 12.3. The van der Waals surface area contributed by atoms with Crippen molar-refractivity contribution in [3.8, 4) is 0 Å². The second kappa shape index (κ2) is 9.63. The summed E-state index contributed by atoms with van der Waals surface area (Å²) in [5, 5.41) is 9.06. The van der Waals surface area contributed by atoms with Crippen LogP contribution in [0.2, 0.25) is 0 Å². The molecule has 25 heavy (non-hydrogen) atoms. The molecule has 0 aromatic carbocycles. The maximum atomic E-state index is 4.33. The van der Waals surface area contributed by atoms with Gasteiger partial charge in [0, 0.05) is 50.5 Å². The molecule has 5 nitrogen and oxygen atoms in total. The maximum absolute atomic E-state index is 4.33. The highest BCUT2D eigenvalue weighted by molar-refractivity contribution is 7.09. The lowest BCUT2D eigenvalue weighted by atomic mass is 9.97. The summed E-state index contributed by atoms with van der Waals surface area (Å²) in [6.45, 7) is 6.35. The SMILES string of the molecule is CN=C(NCCn1cccc1)NCC1CCN(Cc2cccs2)CC1. The number of nitrogens with zero attached hydrogens (tertiary/aromatic N) is 3. The standard InChI is InChI=1S/C19H29N5S/c1-20-19(21-8-13-23-9-2-3-10-23)22-15-17-6-11-24(12-7-17)16-18-5-4-14-25-18/h2-5,9-10,14,17H,6-8,11-13,15-16H2,1H3,(H2,20,21,22). The van der Waals surface area contributed by atoms with E-state index in [9.17, 15) is 0 Å². The molecule has 0 unspecified atom stereocenters. The molecule has 0 bridgehead atoms. The maximum Gasteiger partial charge on any atom is 0.191 e. The van der Waals surface area contributed by atoms with Crippen molar-refractivity contribution in [2.24, 2.45) is 10.9 Å². The number of hydrogen-bond acceptors (Lipinski definition) is 3. The lowest BCUT2D eigenvalue weighted by Crippen LogP contribution is -2.43. The number of hydrogen-bond donors (Lipinski definition) is 2. The molecule has 0 spiro atoms. The zero-order valence-corrected chi connectivity index (χ0v) is 15.8. The van der Waals surface area contributed by atoms with Crippen molar-refractivity contribution >= 4 is 17.3 Å². The molecule has 2 aromatic rings. The van der Waals surface area contributed by atoms with Crippen LogP contribution >= 0.6 is 11.3 Å². The van der Waals surface area contributed by atoms with Crippen LogP contribution in [-0.2, 0) is 13.1 Å². The number of aliphatic imine (C=N–C) groups is 1. The first-order valence-corrected chi connectivity index (χ1v) is 10.0. The Morgan fingerprint density at radius 1 is 1.20 bits per heavy atom. The van der Waals surface area contributed by atoms with E-state index >= 15 is 0 Å². The minimum Gasteiger partial charge on any atom is -0.356 e. The van der Waals surface area contributed by atoms with Gasteiger partial charge in [0.1, 0.15) is 0 Å². The van der Waals surface area contributed by atoms with E-state index in [4.69, 9.17) is 0 Å². The average Bonchev–Trinajstić information content (AvgIpc) is 3.33. The molecule has 3 heterocycles. The van der Waals surface area contributed by atoms with E-state index in [0.717, 1.165) is 38.1 Å². The monoisotopic (exact) mass is 359 g/mol. The molecule has 3 rings (SSSR count). The smallest absolute Gasteiger partial charge is 0.191 e. The van der Waals surface area contributed by atoms with Crippen molar-refractivity contribution in [3.63, 3.8) is 0 Å². The van der Waals surface area contributed by atoms with Crippen LogP contribution in [0.5, 0.6) is 0 Å². The topological polar surface area (TPSA) is 44.6 Å². The number of rotatable bonds is 7. The Kier molecular flexibility index (Phi) is 6.94. The van der Waals surface area contributed by atoms with Crippen LogP contribution in [0.3, 0.4) is 0 Å². The van der Waals surface area contributed by atoms with Crippen molar-refractivity contribution in [1.82, 2.24) is 20.1 Å². The van der Waals surface area contributed by atoms with E-state index in [0.29, 0.717) is 0 Å². The van der Waals surface area contributed by atoms with Gasteiger partial charge in [-0.3, -0.25) is 9.89 Å². The van der Waals surface area contributed by atoms with Gasteiger partial charge in [0.25, 0.3) is 0 Å². The van der Waals surface area contributed by atoms with Crippen LogP contribution in [-0.4, -0.2) is 48.7 Å². The van der Waals surface area contributed by atoms with Gasteiger partial charge in [-0.25, -0.2) is 0 Å². The van der Waals surface area contributed by atoms with Gasteiger partial charge < -0.3 is 15.2 Å². The minimum atomic E-state index is 0.739. The Balaban J connectivity index is 1.31. The van der Waals surface area contributed by atoms with E-state index in [1.165, 1.54) is 30.8 Å². The third kappa shape index (κ3) is 5.90. The molecular formula is C19H29N5S. The molecule has 0 radical (unpaired) electrons. The van der Waals surface area contributed by atoms with Gasteiger partial charge in [-0.15, -0.1) is 11.3 Å². The molecule has 0 saturated carbocycles. The minimum absolute atomic E-state index is 0.739. The van der Waals surface area contributed by atoms with Gasteiger partial charge in [-0.2, -0.15) is 0 Å². The van der Waals surface area contributed by atoms with Gasteiger partial charge in [-0.05, 0) is 55.4 Å². The van der Waals surface area contributed by atoms with Crippen molar-refractivity contribution in [2.75, 3.05) is 33.2 Å². The first-order valence-electron chi connectivity index (χ1n) is 9.13. The highest BCUT2D eigenvalue weighted by Crippen LogP contribution is 2.20. The van der Waals surface area contributed by atoms with Crippen molar-refractivity contribution in [3.05, 3.63) is 46.9 Å². The summed E-state index contributed by atoms with van der Waals surface area (Å²) in [5.41, 5.74) is 0. The Bertz CT molecular complexity index is 612. The summed E-state index contributed by atoms with van der Waals surface area (Å²) in [5.74, 6) is 1.65. The molecule has 136 valence electrons. The zero-order valence-electron chi connectivity index (χ0n) is 15.0. The zero-order chi connectivity index (χ0) is 17.3. The van der Waals surface area contributed by atoms with Gasteiger partial charge in [0.2, 0.25) is 0 Å². The van der Waals surface area contributed by atoms with Gasteiger partial charge >= 0.3 is 0 Å². The molecule has 0 atom stereocenters. The quantitative estimate of drug-likeness (QED) is 0.590. The molecule has 1 aliphatic heterocycles. The first kappa shape index (κ1) is 18.0. The average molecular weight is 360 g/mol. The number of likely N-dealkylation sites (tertiary alicyclic amines) is 1. The second-order valence-electron chi connectivity index (χ2n) is 6.60. The van der Waals surface area contributed by atoms with E-state index < -0.39 is 0 Å². The largest absolute Gasteiger partial charge is 0.356 e. The van der Waals surface area contributed by atoms with Crippen LogP contribution in [0.25, 0.3) is 0 Å². The molecule has 6 heteroatoms. The summed E-state index contributed by atoms with van der Waals surface area (Å²) in [4.78, 5) is 8.38. The van der Waals surface area contributed by atoms with Crippen LogP contribution in [0.1, 0.15) is 17.7 Å². The van der Waals surface area contributed by atoms with E-state index in [2.05, 4.69) is 67.1 Å². The third-order valence-electron chi connectivity index (χ3n) is 4.78. The number of guanidine groups is 1. The molecule has 1 aliphatic rings. The van der Waals surface area contributed by atoms with Crippen LogP contribution in [0.4, 0.5) is 0 Å². The molecule has 2 aromatic heterocycles. The summed E-state index contributed by atoms with van der Waals surface area (Å²) >= 11 is 1.86. The molecular weight excluding hydrogens is 330 g/mol. The summed E-state index contributed by atoms with van der Waals surface area (Å²) < 4.78 is 2.17. The Morgan fingerprint density at radius 2 is 2.00 bits per heavy atom. The van der Waals surface area contributed by atoms with Gasteiger partial charge in [-0.1, -0.05) is 6.07 Å². The summed E-state index contributed by atoms with van der Waals surface area (Å²) in [6.07, 6.45) is 6.70. The predicted octanol–water partition coefficient (Wildman–Crippen LogP) is 2.63. The predicted molar refractivity (Wildman–Crippen MR) is 106 cm³/mol. The molecule has 2 N–H and O–H groups in total. The number of aromatic nitrogens is 1. The van der Waals surface area contributed by atoms with Gasteiger partial charge in [0.05, 0.1) is 0 Å². The van der Waals surface area contributed by atoms with Crippen LogP contribution in [0.15, 0.2) is 47.0 Å². The molecule has 0 aliphatic carbocycles. The summed E-state index contributed by atoms with van der Waals surface area (Å²) in [6, 6.07) is 8.49. The fraction of sp³-hybridized carbons (Fsp3) is 0.526. The van der Waals surface area contributed by atoms with E-state index in [1.54, 1.807) is 0 Å². The van der Waals surface area contributed by atoms with Gasteiger partial charge in [0.15, 0.2) is 5.96 Å². The number of nitrogens with one attached hydrogen (secondary N) is 2. The highest BCUT2D eigenvalue weighted by Gasteiger charge is 2.19. The van der Waals surface area contributed by atoms with Crippen LogP contribution in [0, 0.1) is 5.92 Å². The van der Waals surface area contributed by atoms with Crippen LogP contribution < -0.4 is 10.6 Å². The van der Waals surface area contributed by atoms with E-state index in [1.807, 2.05) is 18.4 Å². The molecule has 1 saturated heterocycles. The lowest BCUT2D eigenvalue weighted by Gasteiger charge is -2.32. The lowest BCUT2D eigenvalue weighted by molar-refractivity contribution is 0.179. The highest BCUT2D eigenvalue weighted by atomic mass is 32.1. The van der Waals surface area contributed by atoms with E-state index in [-0.39, 0.29) is 0 Å². The van der Waals surface area contributed by atoms with Crippen molar-refractivity contribution in [2.45, 2.75) is 25.9 Å². The molecule has 1 fully saturated rings. The number of piperidine rings is 1.